The molecular weight excluding hydrogens is 436 g/mol. The lowest BCUT2D eigenvalue weighted by atomic mass is 10.0. The summed E-state index contributed by atoms with van der Waals surface area (Å²) in [6.45, 7) is 1.93. The first kappa shape index (κ1) is 18.7. The molecule has 0 spiro atoms. The van der Waals surface area contributed by atoms with Crippen LogP contribution in [-0.4, -0.2) is 10.9 Å². The summed E-state index contributed by atoms with van der Waals surface area (Å²) in [5.41, 5.74) is 4.69. The van der Waals surface area contributed by atoms with Gasteiger partial charge in [0.2, 0.25) is 0 Å². The minimum atomic E-state index is -0.192. The van der Waals surface area contributed by atoms with Gasteiger partial charge in [0.05, 0.1) is 16.8 Å². The number of hydrogen-bond acceptors (Lipinski definition) is 2. The van der Waals surface area contributed by atoms with Crippen molar-refractivity contribution in [2.24, 2.45) is 0 Å². The predicted molar refractivity (Wildman–Crippen MR) is 119 cm³/mol. The van der Waals surface area contributed by atoms with Crippen LogP contribution in [0.15, 0.2) is 77.3 Å². The molecule has 0 bridgehead atoms. The summed E-state index contributed by atoms with van der Waals surface area (Å²) < 4.78 is 0.992. The van der Waals surface area contributed by atoms with Gasteiger partial charge in [-0.3, -0.25) is 4.79 Å². The molecule has 0 aliphatic heterocycles. The number of pyridine rings is 1. The Hall–Kier alpha value is -2.69. The Kier molecular flexibility index (Phi) is 5.16. The van der Waals surface area contributed by atoms with Gasteiger partial charge in [0, 0.05) is 26.1 Å². The third-order valence-electron chi connectivity index (χ3n) is 4.55. The van der Waals surface area contributed by atoms with Crippen molar-refractivity contribution in [3.8, 4) is 11.3 Å². The molecule has 3 aromatic carbocycles. The smallest absolute Gasteiger partial charge is 0.256 e. The van der Waals surface area contributed by atoms with E-state index in [9.17, 15) is 4.79 Å². The van der Waals surface area contributed by atoms with E-state index in [1.165, 1.54) is 0 Å². The van der Waals surface area contributed by atoms with Crippen LogP contribution in [0.5, 0.6) is 0 Å². The highest BCUT2D eigenvalue weighted by Gasteiger charge is 2.15. The van der Waals surface area contributed by atoms with Crippen molar-refractivity contribution in [1.29, 1.82) is 0 Å². The van der Waals surface area contributed by atoms with E-state index in [1.807, 2.05) is 67.6 Å². The second-order valence-corrected chi connectivity index (χ2v) is 7.84. The van der Waals surface area contributed by atoms with Gasteiger partial charge in [0.25, 0.3) is 5.91 Å². The Bertz CT molecular complexity index is 1190. The SMILES string of the molecule is Cc1ccc(Cl)cc1NC(=O)c1cc(-c2ccc(Br)cc2)nc2ccccc12. The van der Waals surface area contributed by atoms with Gasteiger partial charge in [-0.05, 0) is 48.9 Å². The number of rotatable bonds is 3. The van der Waals surface area contributed by atoms with Crippen molar-refractivity contribution in [1.82, 2.24) is 4.98 Å². The number of nitrogens with one attached hydrogen (secondary N) is 1. The fourth-order valence-corrected chi connectivity index (χ4v) is 3.49. The van der Waals surface area contributed by atoms with Crippen LogP contribution >= 0.6 is 27.5 Å². The molecule has 4 rings (SSSR count). The maximum absolute atomic E-state index is 13.1. The number of amides is 1. The van der Waals surface area contributed by atoms with Crippen LogP contribution in [0.4, 0.5) is 5.69 Å². The predicted octanol–water partition coefficient (Wildman–Crippen LogP) is 6.88. The molecule has 5 heteroatoms. The summed E-state index contributed by atoms with van der Waals surface area (Å²) >= 11 is 9.54. The highest BCUT2D eigenvalue weighted by molar-refractivity contribution is 9.10. The molecule has 0 aliphatic rings. The van der Waals surface area contributed by atoms with Gasteiger partial charge in [-0.2, -0.15) is 0 Å². The zero-order chi connectivity index (χ0) is 19.7. The minimum Gasteiger partial charge on any atom is -0.322 e. The third kappa shape index (κ3) is 3.79. The molecule has 4 aromatic rings. The average molecular weight is 452 g/mol. The Morgan fingerprint density at radius 2 is 1.75 bits per heavy atom. The van der Waals surface area contributed by atoms with Crippen molar-refractivity contribution in [3.05, 3.63) is 93.4 Å². The lowest BCUT2D eigenvalue weighted by Crippen LogP contribution is -2.14. The van der Waals surface area contributed by atoms with Gasteiger partial charge in [-0.25, -0.2) is 4.98 Å². The lowest BCUT2D eigenvalue weighted by molar-refractivity contribution is 0.102. The standard InChI is InChI=1S/C23H16BrClN2O/c1-14-6-11-17(25)12-21(14)27-23(28)19-13-22(15-7-9-16(24)10-8-15)26-20-5-3-2-4-18(19)20/h2-13H,1H3,(H,27,28). The lowest BCUT2D eigenvalue weighted by Gasteiger charge is -2.12. The van der Waals surface area contributed by atoms with Crippen molar-refractivity contribution >= 4 is 50.0 Å². The Balaban J connectivity index is 1.81. The van der Waals surface area contributed by atoms with Gasteiger partial charge >= 0.3 is 0 Å². The molecule has 3 nitrogen and oxygen atoms in total. The Morgan fingerprint density at radius 1 is 1.00 bits per heavy atom. The summed E-state index contributed by atoms with van der Waals surface area (Å²) in [6.07, 6.45) is 0. The molecule has 0 unspecified atom stereocenters. The first-order chi connectivity index (χ1) is 13.5. The quantitative estimate of drug-likeness (QED) is 0.369. The number of benzene rings is 3. The van der Waals surface area contributed by atoms with E-state index in [0.717, 1.165) is 32.2 Å². The van der Waals surface area contributed by atoms with Crippen LogP contribution in [0.2, 0.25) is 5.02 Å². The molecule has 1 amide bonds. The number of hydrogen-bond donors (Lipinski definition) is 1. The summed E-state index contributed by atoms with van der Waals surface area (Å²) in [5.74, 6) is -0.192. The van der Waals surface area contributed by atoms with Gasteiger partial charge in [0.15, 0.2) is 0 Å². The van der Waals surface area contributed by atoms with E-state index in [-0.39, 0.29) is 5.91 Å². The molecule has 0 fully saturated rings. The Labute approximate surface area is 176 Å². The Morgan fingerprint density at radius 3 is 2.54 bits per heavy atom. The average Bonchev–Trinajstić information content (AvgIpc) is 2.70. The molecule has 0 saturated carbocycles. The molecule has 0 saturated heterocycles. The van der Waals surface area contributed by atoms with Crippen molar-refractivity contribution < 1.29 is 4.79 Å². The fourth-order valence-electron chi connectivity index (χ4n) is 3.05. The summed E-state index contributed by atoms with van der Waals surface area (Å²) in [7, 11) is 0. The van der Waals surface area contributed by atoms with Crippen LogP contribution < -0.4 is 5.32 Å². The topological polar surface area (TPSA) is 42.0 Å². The van der Waals surface area contributed by atoms with Crippen LogP contribution in [0.3, 0.4) is 0 Å². The largest absolute Gasteiger partial charge is 0.322 e. The highest BCUT2D eigenvalue weighted by Crippen LogP contribution is 2.27. The number of carbonyl (C=O) groups excluding carboxylic acids is 1. The van der Waals surface area contributed by atoms with Gasteiger partial charge in [0.1, 0.15) is 0 Å². The molecule has 0 radical (unpaired) electrons. The summed E-state index contributed by atoms with van der Waals surface area (Å²) in [6, 6.07) is 22.8. The van der Waals surface area contributed by atoms with Gasteiger partial charge in [-0.15, -0.1) is 0 Å². The maximum Gasteiger partial charge on any atom is 0.256 e. The first-order valence-corrected chi connectivity index (χ1v) is 9.91. The second kappa shape index (κ2) is 7.74. The number of aryl methyl sites for hydroxylation is 1. The summed E-state index contributed by atoms with van der Waals surface area (Å²) in [5, 5.41) is 4.37. The van der Waals surface area contributed by atoms with E-state index in [4.69, 9.17) is 16.6 Å². The van der Waals surface area contributed by atoms with Crippen molar-refractivity contribution in [2.45, 2.75) is 6.92 Å². The zero-order valence-corrected chi connectivity index (χ0v) is 17.4. The van der Waals surface area contributed by atoms with E-state index < -0.39 is 0 Å². The number of halogens is 2. The molecule has 28 heavy (non-hydrogen) atoms. The van der Waals surface area contributed by atoms with E-state index in [0.29, 0.717) is 16.3 Å². The van der Waals surface area contributed by atoms with Crippen LogP contribution in [-0.2, 0) is 0 Å². The second-order valence-electron chi connectivity index (χ2n) is 6.49. The number of nitrogens with zero attached hydrogens (tertiary/aromatic N) is 1. The van der Waals surface area contributed by atoms with E-state index in [1.54, 1.807) is 12.1 Å². The fraction of sp³-hybridized carbons (Fsp3) is 0.0435. The molecule has 1 aromatic heterocycles. The van der Waals surface area contributed by atoms with Crippen LogP contribution in [0.1, 0.15) is 15.9 Å². The van der Waals surface area contributed by atoms with Gasteiger partial charge < -0.3 is 5.32 Å². The molecule has 1 heterocycles. The van der Waals surface area contributed by atoms with Crippen LogP contribution in [0, 0.1) is 6.92 Å². The van der Waals surface area contributed by atoms with Crippen molar-refractivity contribution in [2.75, 3.05) is 5.32 Å². The molecule has 138 valence electrons. The molecular formula is C23H16BrClN2O. The monoisotopic (exact) mass is 450 g/mol. The van der Waals surface area contributed by atoms with E-state index >= 15 is 0 Å². The molecule has 1 N–H and O–H groups in total. The highest BCUT2D eigenvalue weighted by atomic mass is 79.9. The summed E-state index contributed by atoms with van der Waals surface area (Å²) in [4.78, 5) is 17.9. The number of para-hydroxylation sites is 1. The zero-order valence-electron chi connectivity index (χ0n) is 15.0. The van der Waals surface area contributed by atoms with Crippen molar-refractivity contribution in [3.63, 3.8) is 0 Å². The minimum absolute atomic E-state index is 0.192. The number of fused-ring (bicyclic) bond motifs is 1. The molecule has 0 aliphatic carbocycles. The van der Waals surface area contributed by atoms with Gasteiger partial charge in [-0.1, -0.05) is 63.9 Å². The van der Waals surface area contributed by atoms with E-state index in [2.05, 4.69) is 21.2 Å². The maximum atomic E-state index is 13.1. The first-order valence-electron chi connectivity index (χ1n) is 8.74. The number of aromatic nitrogens is 1. The van der Waals surface area contributed by atoms with Crippen LogP contribution in [0.25, 0.3) is 22.2 Å². The number of carbonyl (C=O) groups is 1. The normalized spacial score (nSPS) is 10.8. The molecule has 0 atom stereocenters. The third-order valence-corrected chi connectivity index (χ3v) is 5.31. The number of anilines is 1.